The number of hydrogen-bond donors (Lipinski definition) is 1. The average Bonchev–Trinajstić information content (AvgIpc) is 2.36. The summed E-state index contributed by atoms with van der Waals surface area (Å²) in [5.74, 6) is -1.57. The van der Waals surface area contributed by atoms with Crippen molar-refractivity contribution in [3.63, 3.8) is 0 Å². The predicted molar refractivity (Wildman–Crippen MR) is 62.0 cm³/mol. The molecule has 1 aromatic heterocycles. The van der Waals surface area contributed by atoms with Crippen LogP contribution in [0.25, 0.3) is 10.9 Å². The van der Waals surface area contributed by atoms with E-state index in [-0.39, 0.29) is 17.7 Å². The van der Waals surface area contributed by atoms with Crippen molar-refractivity contribution >= 4 is 16.9 Å². The van der Waals surface area contributed by atoms with Gasteiger partial charge in [0.05, 0.1) is 18.8 Å². The minimum atomic E-state index is -1.07. The molecule has 2 aromatic rings. The Labute approximate surface area is 102 Å². The fourth-order valence-corrected chi connectivity index (χ4v) is 2.29. The first-order valence-corrected chi connectivity index (χ1v) is 5.59. The van der Waals surface area contributed by atoms with E-state index in [9.17, 15) is 14.3 Å². The van der Waals surface area contributed by atoms with E-state index in [1.54, 1.807) is 6.07 Å². The third-order valence-electron chi connectivity index (χ3n) is 3.10. The summed E-state index contributed by atoms with van der Waals surface area (Å²) in [6, 6.07) is 4.35. The van der Waals surface area contributed by atoms with E-state index >= 15 is 0 Å². The Bertz CT molecular complexity index is 654. The molecule has 2 heterocycles. The molecule has 3 rings (SSSR count). The SMILES string of the molecule is O=C(O)c1c2c(nc3c(F)cccc13)CCOC2. The average molecular weight is 247 g/mol. The van der Waals surface area contributed by atoms with E-state index in [4.69, 9.17) is 4.74 Å². The number of para-hydroxylation sites is 1. The van der Waals surface area contributed by atoms with Crippen molar-refractivity contribution in [3.8, 4) is 0 Å². The van der Waals surface area contributed by atoms with Crippen LogP contribution in [0, 0.1) is 5.82 Å². The number of benzene rings is 1. The van der Waals surface area contributed by atoms with E-state index in [1.807, 2.05) is 0 Å². The molecule has 0 radical (unpaired) electrons. The van der Waals surface area contributed by atoms with Crippen LogP contribution in [-0.2, 0) is 17.8 Å². The zero-order valence-electron chi connectivity index (χ0n) is 9.44. The molecule has 1 N–H and O–H groups in total. The maximum absolute atomic E-state index is 13.7. The first-order valence-electron chi connectivity index (χ1n) is 5.59. The number of carbonyl (C=O) groups is 1. The number of aromatic nitrogens is 1. The molecule has 0 fully saturated rings. The second-order valence-corrected chi connectivity index (χ2v) is 4.16. The van der Waals surface area contributed by atoms with Gasteiger partial charge in [0.25, 0.3) is 0 Å². The Morgan fingerprint density at radius 3 is 3.06 bits per heavy atom. The van der Waals surface area contributed by atoms with E-state index in [0.717, 1.165) is 0 Å². The van der Waals surface area contributed by atoms with Gasteiger partial charge >= 0.3 is 5.97 Å². The highest BCUT2D eigenvalue weighted by molar-refractivity contribution is 6.04. The van der Waals surface area contributed by atoms with E-state index in [0.29, 0.717) is 29.7 Å². The molecule has 1 aromatic carbocycles. The summed E-state index contributed by atoms with van der Waals surface area (Å²) in [6.45, 7) is 0.704. The van der Waals surface area contributed by atoms with Crippen LogP contribution < -0.4 is 0 Å². The topological polar surface area (TPSA) is 59.4 Å². The molecule has 18 heavy (non-hydrogen) atoms. The van der Waals surface area contributed by atoms with Gasteiger partial charge in [-0.1, -0.05) is 12.1 Å². The first kappa shape index (κ1) is 11.1. The number of rotatable bonds is 1. The van der Waals surface area contributed by atoms with E-state index < -0.39 is 11.8 Å². The Balaban J connectivity index is 2.44. The standard InChI is InChI=1S/C13H10FNO3/c14-9-3-1-2-7-11(13(16)17)8-6-18-5-4-10(8)15-12(7)9/h1-3H,4-6H2,(H,16,17). The minimum absolute atomic E-state index is 0.106. The summed E-state index contributed by atoms with van der Waals surface area (Å²) >= 11 is 0. The lowest BCUT2D eigenvalue weighted by molar-refractivity contribution is 0.0683. The van der Waals surface area contributed by atoms with Gasteiger partial charge in [-0.15, -0.1) is 0 Å². The molecule has 0 bridgehead atoms. The van der Waals surface area contributed by atoms with Crippen LogP contribution in [-0.4, -0.2) is 22.7 Å². The number of hydrogen-bond acceptors (Lipinski definition) is 3. The van der Waals surface area contributed by atoms with Gasteiger partial charge in [-0.25, -0.2) is 14.2 Å². The number of fused-ring (bicyclic) bond motifs is 2. The van der Waals surface area contributed by atoms with Gasteiger partial charge in [-0.05, 0) is 6.07 Å². The number of nitrogens with zero attached hydrogens (tertiary/aromatic N) is 1. The predicted octanol–water partition coefficient (Wildman–Crippen LogP) is 2.14. The largest absolute Gasteiger partial charge is 0.478 e. The maximum atomic E-state index is 13.7. The molecule has 92 valence electrons. The van der Waals surface area contributed by atoms with Crippen LogP contribution in [0.15, 0.2) is 18.2 Å². The van der Waals surface area contributed by atoms with Gasteiger partial charge in [0.2, 0.25) is 0 Å². The second-order valence-electron chi connectivity index (χ2n) is 4.16. The van der Waals surface area contributed by atoms with Crippen LogP contribution in [0.4, 0.5) is 4.39 Å². The van der Waals surface area contributed by atoms with E-state index in [1.165, 1.54) is 12.1 Å². The number of carboxylic acid groups (broad SMARTS) is 1. The van der Waals surface area contributed by atoms with Crippen molar-refractivity contribution in [1.82, 2.24) is 4.98 Å². The third-order valence-corrected chi connectivity index (χ3v) is 3.10. The molecular weight excluding hydrogens is 237 g/mol. The molecule has 5 heteroatoms. The summed E-state index contributed by atoms with van der Waals surface area (Å²) in [5, 5.41) is 9.65. The normalized spacial score (nSPS) is 14.5. The maximum Gasteiger partial charge on any atom is 0.336 e. The lowest BCUT2D eigenvalue weighted by Gasteiger charge is -2.19. The van der Waals surface area contributed by atoms with Crippen molar-refractivity contribution in [3.05, 3.63) is 40.8 Å². The van der Waals surface area contributed by atoms with Crippen molar-refractivity contribution < 1.29 is 19.0 Å². The highest BCUT2D eigenvalue weighted by Gasteiger charge is 2.23. The van der Waals surface area contributed by atoms with Crippen LogP contribution in [0.1, 0.15) is 21.6 Å². The zero-order chi connectivity index (χ0) is 12.7. The number of aromatic carboxylic acids is 1. The number of halogens is 1. The molecular formula is C13H10FNO3. The van der Waals surface area contributed by atoms with Gasteiger partial charge in [0, 0.05) is 23.1 Å². The summed E-state index contributed by atoms with van der Waals surface area (Å²) in [7, 11) is 0. The number of pyridine rings is 1. The summed E-state index contributed by atoms with van der Waals surface area (Å²) in [5.41, 5.74) is 1.41. The summed E-state index contributed by atoms with van der Waals surface area (Å²) in [4.78, 5) is 15.6. The van der Waals surface area contributed by atoms with Crippen LogP contribution >= 0.6 is 0 Å². The Morgan fingerprint density at radius 2 is 2.28 bits per heavy atom. The molecule has 0 unspecified atom stereocenters. The molecule has 4 nitrogen and oxygen atoms in total. The highest BCUT2D eigenvalue weighted by Crippen LogP contribution is 2.28. The summed E-state index contributed by atoms with van der Waals surface area (Å²) in [6.07, 6.45) is 0.514. The smallest absolute Gasteiger partial charge is 0.336 e. The van der Waals surface area contributed by atoms with Crippen molar-refractivity contribution in [2.45, 2.75) is 13.0 Å². The van der Waals surface area contributed by atoms with Crippen LogP contribution in [0.5, 0.6) is 0 Å². The van der Waals surface area contributed by atoms with Gasteiger partial charge in [0.15, 0.2) is 0 Å². The zero-order valence-corrected chi connectivity index (χ0v) is 9.44. The lowest BCUT2D eigenvalue weighted by atomic mass is 9.98. The van der Waals surface area contributed by atoms with Crippen LogP contribution in [0.3, 0.4) is 0 Å². The van der Waals surface area contributed by atoms with Gasteiger partial charge in [0.1, 0.15) is 11.3 Å². The second kappa shape index (κ2) is 4.03. The van der Waals surface area contributed by atoms with Crippen molar-refractivity contribution in [1.29, 1.82) is 0 Å². The lowest BCUT2D eigenvalue weighted by Crippen LogP contribution is -2.17. The monoisotopic (exact) mass is 247 g/mol. The molecule has 0 atom stereocenters. The summed E-state index contributed by atoms with van der Waals surface area (Å²) < 4.78 is 19.0. The van der Waals surface area contributed by atoms with Gasteiger partial charge in [-0.2, -0.15) is 0 Å². The fourth-order valence-electron chi connectivity index (χ4n) is 2.29. The first-order chi connectivity index (χ1) is 8.68. The molecule has 0 aliphatic carbocycles. The Hall–Kier alpha value is -2.01. The number of carboxylic acids is 1. The molecule has 0 amide bonds. The third kappa shape index (κ3) is 1.55. The Kier molecular flexibility index (Phi) is 2.48. The molecule has 0 spiro atoms. The van der Waals surface area contributed by atoms with Gasteiger partial charge in [-0.3, -0.25) is 0 Å². The quantitative estimate of drug-likeness (QED) is 0.838. The van der Waals surface area contributed by atoms with Crippen LogP contribution in [0.2, 0.25) is 0 Å². The Morgan fingerprint density at radius 1 is 1.44 bits per heavy atom. The molecule has 0 saturated carbocycles. The minimum Gasteiger partial charge on any atom is -0.478 e. The molecule has 0 saturated heterocycles. The van der Waals surface area contributed by atoms with Crippen molar-refractivity contribution in [2.75, 3.05) is 6.61 Å². The van der Waals surface area contributed by atoms with Crippen molar-refractivity contribution in [2.24, 2.45) is 0 Å². The fraction of sp³-hybridized carbons (Fsp3) is 0.231. The van der Waals surface area contributed by atoms with Gasteiger partial charge < -0.3 is 9.84 Å². The number of ether oxygens (including phenoxy) is 1. The van der Waals surface area contributed by atoms with E-state index in [2.05, 4.69) is 4.98 Å². The molecule has 1 aliphatic rings. The highest BCUT2D eigenvalue weighted by atomic mass is 19.1. The molecule has 1 aliphatic heterocycles.